The van der Waals surface area contributed by atoms with E-state index < -0.39 is 6.09 Å². The summed E-state index contributed by atoms with van der Waals surface area (Å²) in [5.74, 6) is 0.0834. The average molecular weight is 332 g/mol. The van der Waals surface area contributed by atoms with Crippen LogP contribution >= 0.6 is 0 Å². The molecule has 1 aromatic heterocycles. The van der Waals surface area contributed by atoms with Gasteiger partial charge in [0.25, 0.3) is 5.91 Å². The lowest BCUT2D eigenvalue weighted by Gasteiger charge is -2.23. The fourth-order valence-corrected chi connectivity index (χ4v) is 2.24. The van der Waals surface area contributed by atoms with Crippen LogP contribution in [-0.2, 0) is 4.74 Å². The third kappa shape index (κ3) is 4.75. The van der Waals surface area contributed by atoms with Crippen molar-refractivity contribution in [2.45, 2.75) is 39.8 Å². The third-order valence-corrected chi connectivity index (χ3v) is 3.58. The largest absolute Gasteiger partial charge is 0.451 e. The zero-order chi connectivity index (χ0) is 17.7. The number of furan rings is 1. The van der Waals surface area contributed by atoms with Crippen LogP contribution < -0.4 is 10.6 Å². The van der Waals surface area contributed by atoms with E-state index in [4.69, 9.17) is 9.15 Å². The third-order valence-electron chi connectivity index (χ3n) is 3.58. The van der Waals surface area contributed by atoms with Crippen LogP contribution in [0.3, 0.4) is 0 Å². The second kappa shape index (κ2) is 7.86. The molecule has 0 saturated heterocycles. The van der Waals surface area contributed by atoms with E-state index in [0.29, 0.717) is 12.1 Å². The molecule has 0 aliphatic heterocycles. The number of carbonyl (C=O) groups is 2. The minimum Gasteiger partial charge on any atom is -0.451 e. The van der Waals surface area contributed by atoms with Crippen molar-refractivity contribution in [1.29, 1.82) is 0 Å². The molecule has 1 aromatic carbocycles. The van der Waals surface area contributed by atoms with Gasteiger partial charge in [0.05, 0.1) is 12.1 Å². The van der Waals surface area contributed by atoms with Crippen molar-refractivity contribution in [2.75, 3.05) is 6.54 Å². The Morgan fingerprint density at radius 2 is 1.88 bits per heavy atom. The molecule has 0 radical (unpaired) electrons. The monoisotopic (exact) mass is 332 g/mol. The van der Waals surface area contributed by atoms with Crippen LogP contribution in [-0.4, -0.2) is 30.7 Å². The normalized spacial score (nSPS) is 12.4. The maximum atomic E-state index is 12.3. The molecule has 1 unspecified atom stereocenters. The summed E-state index contributed by atoms with van der Waals surface area (Å²) in [6, 6.07) is 8.91. The van der Waals surface area contributed by atoms with Crippen molar-refractivity contribution >= 4 is 23.0 Å². The molecule has 0 saturated carbocycles. The number of amides is 2. The second-order valence-electron chi connectivity index (χ2n) is 6.31. The fraction of sp³-hybridized carbons (Fsp3) is 0.444. The lowest BCUT2D eigenvalue weighted by Crippen LogP contribution is -2.47. The van der Waals surface area contributed by atoms with Gasteiger partial charge in [-0.1, -0.05) is 32.0 Å². The molecule has 2 rings (SSSR count). The van der Waals surface area contributed by atoms with Crippen LogP contribution in [0.2, 0.25) is 0 Å². The number of carbonyl (C=O) groups excluding carboxylic acids is 2. The number of rotatable bonds is 6. The molecule has 0 fully saturated rings. The van der Waals surface area contributed by atoms with E-state index in [9.17, 15) is 9.59 Å². The van der Waals surface area contributed by atoms with E-state index in [1.54, 1.807) is 19.9 Å². The first kappa shape index (κ1) is 17.8. The van der Waals surface area contributed by atoms with Gasteiger partial charge in [0.15, 0.2) is 5.76 Å². The first-order chi connectivity index (χ1) is 11.4. The van der Waals surface area contributed by atoms with Crippen LogP contribution in [0.5, 0.6) is 0 Å². The Bertz CT molecular complexity index is 673. The molecule has 2 N–H and O–H groups in total. The maximum Gasteiger partial charge on any atom is 0.407 e. The zero-order valence-corrected chi connectivity index (χ0v) is 14.5. The van der Waals surface area contributed by atoms with Crippen molar-refractivity contribution in [3.8, 4) is 0 Å². The number of alkyl carbamates (subject to hydrolysis) is 1. The molecule has 1 heterocycles. The summed E-state index contributed by atoms with van der Waals surface area (Å²) in [4.78, 5) is 24.0. The van der Waals surface area contributed by atoms with E-state index >= 15 is 0 Å². The summed E-state index contributed by atoms with van der Waals surface area (Å²) in [5, 5.41) is 6.45. The molecule has 2 amide bonds. The molecule has 6 heteroatoms. The van der Waals surface area contributed by atoms with Crippen molar-refractivity contribution < 1.29 is 18.7 Å². The predicted octanol–water partition coefficient (Wildman–Crippen LogP) is 3.32. The van der Waals surface area contributed by atoms with E-state index in [-0.39, 0.29) is 29.7 Å². The smallest absolute Gasteiger partial charge is 0.407 e. The lowest BCUT2D eigenvalue weighted by molar-refractivity contribution is 0.0908. The van der Waals surface area contributed by atoms with Gasteiger partial charge in [-0.05, 0) is 31.9 Å². The first-order valence-electron chi connectivity index (χ1n) is 8.10. The van der Waals surface area contributed by atoms with Crippen molar-refractivity contribution in [2.24, 2.45) is 5.92 Å². The highest BCUT2D eigenvalue weighted by Crippen LogP contribution is 2.18. The Morgan fingerprint density at radius 1 is 1.17 bits per heavy atom. The Kier molecular flexibility index (Phi) is 5.84. The summed E-state index contributed by atoms with van der Waals surface area (Å²) in [6.45, 7) is 7.79. The van der Waals surface area contributed by atoms with Gasteiger partial charge >= 0.3 is 6.09 Å². The SMILES string of the molecule is CC(C)OC(=O)NC(CNC(=O)c1cc2ccccc2o1)C(C)C. The Balaban J connectivity index is 1.95. The zero-order valence-electron chi connectivity index (χ0n) is 14.5. The molecule has 0 aliphatic rings. The minimum absolute atomic E-state index is 0.140. The lowest BCUT2D eigenvalue weighted by atomic mass is 10.0. The van der Waals surface area contributed by atoms with E-state index in [0.717, 1.165) is 5.39 Å². The van der Waals surface area contributed by atoms with Crippen LogP contribution in [0.4, 0.5) is 4.79 Å². The molecule has 24 heavy (non-hydrogen) atoms. The quantitative estimate of drug-likeness (QED) is 0.850. The highest BCUT2D eigenvalue weighted by Gasteiger charge is 2.20. The van der Waals surface area contributed by atoms with Gasteiger partial charge in [-0.3, -0.25) is 4.79 Å². The molecule has 1 atom stereocenters. The molecule has 2 aromatic rings. The van der Waals surface area contributed by atoms with E-state index in [2.05, 4.69) is 10.6 Å². The maximum absolute atomic E-state index is 12.3. The molecule has 0 bridgehead atoms. The topological polar surface area (TPSA) is 80.6 Å². The predicted molar refractivity (Wildman–Crippen MR) is 91.9 cm³/mol. The number of para-hydroxylation sites is 1. The molecule has 6 nitrogen and oxygen atoms in total. The number of hydrogen-bond acceptors (Lipinski definition) is 4. The second-order valence-corrected chi connectivity index (χ2v) is 6.31. The van der Waals surface area contributed by atoms with Gasteiger partial charge in [0.1, 0.15) is 5.58 Å². The van der Waals surface area contributed by atoms with Gasteiger partial charge in [-0.2, -0.15) is 0 Å². The number of benzene rings is 1. The fourth-order valence-electron chi connectivity index (χ4n) is 2.24. The summed E-state index contributed by atoms with van der Waals surface area (Å²) in [7, 11) is 0. The molecule has 0 spiro atoms. The van der Waals surface area contributed by atoms with Crippen LogP contribution in [0.25, 0.3) is 11.0 Å². The number of fused-ring (bicyclic) bond motifs is 1. The van der Waals surface area contributed by atoms with Crippen LogP contribution in [0.15, 0.2) is 34.7 Å². The molecular weight excluding hydrogens is 308 g/mol. The van der Waals surface area contributed by atoms with Gasteiger partial charge in [-0.15, -0.1) is 0 Å². The van der Waals surface area contributed by atoms with Gasteiger partial charge < -0.3 is 19.8 Å². The molecule has 130 valence electrons. The Labute approximate surface area is 141 Å². The van der Waals surface area contributed by atoms with Crippen molar-refractivity contribution in [3.05, 3.63) is 36.1 Å². The first-order valence-corrected chi connectivity index (χ1v) is 8.10. The summed E-state index contributed by atoms with van der Waals surface area (Å²) < 4.78 is 10.6. The van der Waals surface area contributed by atoms with Gasteiger partial charge in [-0.25, -0.2) is 4.79 Å². The summed E-state index contributed by atoms with van der Waals surface area (Å²) in [6.07, 6.45) is -0.676. The van der Waals surface area contributed by atoms with E-state index in [1.807, 2.05) is 38.1 Å². The van der Waals surface area contributed by atoms with Crippen LogP contribution in [0, 0.1) is 5.92 Å². The highest BCUT2D eigenvalue weighted by atomic mass is 16.6. The molecule has 0 aliphatic carbocycles. The van der Waals surface area contributed by atoms with Crippen molar-refractivity contribution in [3.63, 3.8) is 0 Å². The van der Waals surface area contributed by atoms with Gasteiger partial charge in [0, 0.05) is 11.9 Å². The summed E-state index contributed by atoms with van der Waals surface area (Å²) >= 11 is 0. The molecular formula is C18H24N2O4. The van der Waals surface area contributed by atoms with Gasteiger partial charge in [0.2, 0.25) is 0 Å². The van der Waals surface area contributed by atoms with Crippen LogP contribution in [0.1, 0.15) is 38.2 Å². The Hall–Kier alpha value is -2.50. The summed E-state index contributed by atoms with van der Waals surface area (Å²) in [5.41, 5.74) is 0.668. The number of hydrogen-bond donors (Lipinski definition) is 2. The van der Waals surface area contributed by atoms with Crippen molar-refractivity contribution in [1.82, 2.24) is 10.6 Å². The Morgan fingerprint density at radius 3 is 2.50 bits per heavy atom. The number of nitrogens with one attached hydrogen (secondary N) is 2. The number of ether oxygens (including phenoxy) is 1. The minimum atomic E-state index is -0.485. The average Bonchev–Trinajstić information content (AvgIpc) is 2.94. The highest BCUT2D eigenvalue weighted by molar-refractivity contribution is 5.96. The standard InChI is InChI=1S/C18H24N2O4/c1-11(2)14(20-18(22)23-12(3)4)10-19-17(21)16-9-13-7-5-6-8-15(13)24-16/h5-9,11-12,14H,10H2,1-4H3,(H,19,21)(H,20,22). The van der Waals surface area contributed by atoms with E-state index in [1.165, 1.54) is 0 Å².